The SMILES string of the molecule is CSc1cccc(N2C[C@@H](C(=O)NCc3ccc(F)cc3)CC2=O)c1. The van der Waals surface area contributed by atoms with Crippen molar-refractivity contribution in [1.29, 1.82) is 0 Å². The van der Waals surface area contributed by atoms with Crippen LogP contribution in [0.5, 0.6) is 0 Å². The van der Waals surface area contributed by atoms with Gasteiger partial charge in [-0.3, -0.25) is 9.59 Å². The van der Waals surface area contributed by atoms with Crippen LogP contribution in [0.15, 0.2) is 53.4 Å². The number of amides is 2. The van der Waals surface area contributed by atoms with Crippen LogP contribution in [0.3, 0.4) is 0 Å². The first kappa shape index (κ1) is 17.5. The number of rotatable bonds is 5. The van der Waals surface area contributed by atoms with Crippen molar-refractivity contribution in [2.75, 3.05) is 17.7 Å². The number of hydrogen-bond donors (Lipinski definition) is 1. The van der Waals surface area contributed by atoms with E-state index in [-0.39, 0.29) is 30.0 Å². The summed E-state index contributed by atoms with van der Waals surface area (Å²) in [5.74, 6) is -0.869. The van der Waals surface area contributed by atoms with Gasteiger partial charge in [0.05, 0.1) is 5.92 Å². The Balaban J connectivity index is 1.61. The van der Waals surface area contributed by atoms with Crippen molar-refractivity contribution in [1.82, 2.24) is 5.32 Å². The molecule has 1 saturated heterocycles. The van der Waals surface area contributed by atoms with E-state index in [1.165, 1.54) is 12.1 Å². The van der Waals surface area contributed by atoms with Crippen molar-refractivity contribution in [2.24, 2.45) is 5.92 Å². The van der Waals surface area contributed by atoms with Crippen LogP contribution in [0, 0.1) is 11.7 Å². The van der Waals surface area contributed by atoms with Crippen LogP contribution in [0.2, 0.25) is 0 Å². The Bertz CT molecular complexity index is 779. The van der Waals surface area contributed by atoms with Gasteiger partial charge in [-0.15, -0.1) is 11.8 Å². The fraction of sp³-hybridized carbons (Fsp3) is 0.263. The maximum Gasteiger partial charge on any atom is 0.227 e. The molecule has 0 spiro atoms. The summed E-state index contributed by atoms with van der Waals surface area (Å²) in [4.78, 5) is 27.4. The van der Waals surface area contributed by atoms with E-state index in [9.17, 15) is 14.0 Å². The van der Waals surface area contributed by atoms with Crippen molar-refractivity contribution in [2.45, 2.75) is 17.9 Å². The zero-order chi connectivity index (χ0) is 17.8. The molecule has 1 N–H and O–H groups in total. The third-order valence-corrected chi connectivity index (χ3v) is 4.97. The first-order valence-corrected chi connectivity index (χ1v) is 9.26. The molecule has 1 aliphatic rings. The molecule has 1 heterocycles. The van der Waals surface area contributed by atoms with Crippen LogP contribution in [-0.2, 0) is 16.1 Å². The number of hydrogen-bond acceptors (Lipinski definition) is 3. The summed E-state index contributed by atoms with van der Waals surface area (Å²) >= 11 is 1.61. The molecule has 1 fully saturated rings. The Morgan fingerprint density at radius 2 is 2.04 bits per heavy atom. The lowest BCUT2D eigenvalue weighted by Crippen LogP contribution is -2.32. The molecule has 2 aromatic carbocycles. The largest absolute Gasteiger partial charge is 0.352 e. The summed E-state index contributed by atoms with van der Waals surface area (Å²) in [6, 6.07) is 13.7. The quantitative estimate of drug-likeness (QED) is 0.835. The molecule has 1 aliphatic heterocycles. The topological polar surface area (TPSA) is 49.4 Å². The Kier molecular flexibility index (Phi) is 5.38. The van der Waals surface area contributed by atoms with E-state index in [0.29, 0.717) is 13.1 Å². The Labute approximate surface area is 150 Å². The highest BCUT2D eigenvalue weighted by Crippen LogP contribution is 2.28. The van der Waals surface area contributed by atoms with Gasteiger partial charge in [0.15, 0.2) is 0 Å². The summed E-state index contributed by atoms with van der Waals surface area (Å²) in [5, 5.41) is 2.83. The van der Waals surface area contributed by atoms with Gasteiger partial charge in [0.2, 0.25) is 11.8 Å². The normalized spacial score (nSPS) is 17.0. The monoisotopic (exact) mass is 358 g/mol. The highest BCUT2D eigenvalue weighted by atomic mass is 32.2. The van der Waals surface area contributed by atoms with Gasteiger partial charge < -0.3 is 10.2 Å². The van der Waals surface area contributed by atoms with E-state index in [1.54, 1.807) is 28.8 Å². The second-order valence-electron chi connectivity index (χ2n) is 5.95. The molecule has 0 unspecified atom stereocenters. The Hall–Kier alpha value is -2.34. The second-order valence-corrected chi connectivity index (χ2v) is 6.83. The first-order valence-electron chi connectivity index (χ1n) is 8.03. The highest BCUT2D eigenvalue weighted by molar-refractivity contribution is 7.98. The minimum atomic E-state index is -0.370. The standard InChI is InChI=1S/C19H19FN2O2S/c1-25-17-4-2-3-16(10-17)22-12-14(9-18(22)23)19(24)21-11-13-5-7-15(20)8-6-13/h2-8,10,14H,9,11-12H2,1H3,(H,21,24)/t14-/m0/s1. The molecule has 130 valence electrons. The van der Waals surface area contributed by atoms with Gasteiger partial charge >= 0.3 is 0 Å². The van der Waals surface area contributed by atoms with Crippen LogP contribution in [0.4, 0.5) is 10.1 Å². The molecule has 2 aromatic rings. The average Bonchev–Trinajstić information content (AvgIpc) is 3.03. The van der Waals surface area contributed by atoms with Crippen molar-refractivity contribution in [3.63, 3.8) is 0 Å². The number of halogens is 1. The van der Waals surface area contributed by atoms with Gasteiger partial charge in [-0.2, -0.15) is 0 Å². The van der Waals surface area contributed by atoms with Crippen molar-refractivity contribution in [3.05, 3.63) is 59.9 Å². The van der Waals surface area contributed by atoms with Crippen LogP contribution >= 0.6 is 11.8 Å². The minimum absolute atomic E-state index is 0.0415. The molecule has 25 heavy (non-hydrogen) atoms. The number of nitrogens with one attached hydrogen (secondary N) is 1. The van der Waals surface area contributed by atoms with E-state index in [4.69, 9.17) is 0 Å². The Morgan fingerprint density at radius 3 is 2.76 bits per heavy atom. The van der Waals surface area contributed by atoms with Gasteiger partial charge in [-0.25, -0.2) is 4.39 Å². The molecule has 1 atom stereocenters. The van der Waals surface area contributed by atoms with Crippen molar-refractivity contribution in [3.8, 4) is 0 Å². The van der Waals surface area contributed by atoms with E-state index < -0.39 is 0 Å². The lowest BCUT2D eigenvalue weighted by molar-refractivity contribution is -0.126. The fourth-order valence-electron chi connectivity index (χ4n) is 2.85. The molecule has 3 rings (SSSR count). The van der Waals surface area contributed by atoms with Crippen LogP contribution in [-0.4, -0.2) is 24.6 Å². The molecule has 2 amide bonds. The number of thioether (sulfide) groups is 1. The average molecular weight is 358 g/mol. The van der Waals surface area contributed by atoms with Crippen LogP contribution < -0.4 is 10.2 Å². The maximum absolute atomic E-state index is 12.9. The first-order chi connectivity index (χ1) is 12.1. The number of anilines is 1. The maximum atomic E-state index is 12.9. The van der Waals surface area contributed by atoms with Gasteiger partial charge in [-0.1, -0.05) is 18.2 Å². The lowest BCUT2D eigenvalue weighted by Gasteiger charge is -2.17. The summed E-state index contributed by atoms with van der Waals surface area (Å²) in [5.41, 5.74) is 1.65. The number of carbonyl (C=O) groups excluding carboxylic acids is 2. The van der Waals surface area contributed by atoms with Gasteiger partial charge in [0.25, 0.3) is 0 Å². The van der Waals surface area contributed by atoms with E-state index >= 15 is 0 Å². The van der Waals surface area contributed by atoms with Crippen molar-refractivity contribution >= 4 is 29.3 Å². The van der Waals surface area contributed by atoms with Gasteiger partial charge in [0, 0.05) is 30.1 Å². The van der Waals surface area contributed by atoms with Crippen LogP contribution in [0.25, 0.3) is 0 Å². The predicted molar refractivity (Wildman–Crippen MR) is 96.9 cm³/mol. The zero-order valence-corrected chi connectivity index (χ0v) is 14.7. The van der Waals surface area contributed by atoms with Crippen LogP contribution in [0.1, 0.15) is 12.0 Å². The van der Waals surface area contributed by atoms with E-state index in [1.807, 2.05) is 30.5 Å². The smallest absolute Gasteiger partial charge is 0.227 e. The van der Waals surface area contributed by atoms with Crippen molar-refractivity contribution < 1.29 is 14.0 Å². The second kappa shape index (κ2) is 7.70. The summed E-state index contributed by atoms with van der Waals surface area (Å²) in [6.07, 6.45) is 2.19. The lowest BCUT2D eigenvalue weighted by atomic mass is 10.1. The van der Waals surface area contributed by atoms with E-state index in [0.717, 1.165) is 16.1 Å². The molecule has 0 aliphatic carbocycles. The summed E-state index contributed by atoms with van der Waals surface area (Å²) in [6.45, 7) is 0.706. The molecular formula is C19H19FN2O2S. The molecule has 4 nitrogen and oxygen atoms in total. The molecule has 0 radical (unpaired) electrons. The molecule has 0 aromatic heterocycles. The van der Waals surface area contributed by atoms with E-state index in [2.05, 4.69) is 5.32 Å². The summed E-state index contributed by atoms with van der Waals surface area (Å²) in [7, 11) is 0. The Morgan fingerprint density at radius 1 is 1.28 bits per heavy atom. The zero-order valence-electron chi connectivity index (χ0n) is 13.9. The minimum Gasteiger partial charge on any atom is -0.352 e. The van der Waals surface area contributed by atoms with Gasteiger partial charge in [0.1, 0.15) is 5.82 Å². The highest BCUT2D eigenvalue weighted by Gasteiger charge is 2.35. The molecule has 0 bridgehead atoms. The van der Waals surface area contributed by atoms with Gasteiger partial charge in [-0.05, 0) is 42.2 Å². The predicted octanol–water partition coefficient (Wildman–Crippen LogP) is 3.22. The number of carbonyl (C=O) groups is 2. The third kappa shape index (κ3) is 4.20. The molecule has 0 saturated carbocycles. The molecule has 6 heteroatoms. The fourth-order valence-corrected chi connectivity index (χ4v) is 3.30. The third-order valence-electron chi connectivity index (χ3n) is 4.24. The number of nitrogens with zero attached hydrogens (tertiary/aromatic N) is 1. The molecular weight excluding hydrogens is 339 g/mol. The summed E-state index contributed by atoms with van der Waals surface area (Å²) < 4.78 is 12.9. The number of benzene rings is 2.